The highest BCUT2D eigenvalue weighted by atomic mass is 19.4. The van der Waals surface area contributed by atoms with Gasteiger partial charge in [-0.05, 0) is 36.8 Å². The maximum atomic E-state index is 13.0. The quantitative estimate of drug-likeness (QED) is 0.685. The third-order valence-electron chi connectivity index (χ3n) is 3.80. The number of aldehydes is 1. The lowest BCUT2D eigenvalue weighted by atomic mass is 9.84. The van der Waals surface area contributed by atoms with Gasteiger partial charge in [0.05, 0.1) is 11.6 Å². The Morgan fingerprint density at radius 2 is 2.05 bits per heavy atom. The van der Waals surface area contributed by atoms with Crippen LogP contribution in [0.4, 0.5) is 13.2 Å². The normalized spacial score (nSPS) is 24.6. The molecular weight excluding hydrogens is 269 g/mol. The molecule has 20 heavy (non-hydrogen) atoms. The topological polar surface area (TPSA) is 46.3 Å². The average molecular weight is 286 g/mol. The third kappa shape index (κ3) is 3.19. The molecule has 0 amide bonds. The second-order valence-electron chi connectivity index (χ2n) is 5.13. The summed E-state index contributed by atoms with van der Waals surface area (Å²) in [5.74, 6) is 5.57. The molecule has 1 aromatic rings. The number of hydrogen-bond acceptors (Lipinski definition) is 3. The van der Waals surface area contributed by atoms with Crippen LogP contribution < -0.4 is 5.84 Å². The number of hydrogen-bond donors (Lipinski definition) is 1. The number of alkyl halides is 3. The molecule has 1 aliphatic rings. The van der Waals surface area contributed by atoms with Gasteiger partial charge in [0.15, 0.2) is 0 Å². The van der Waals surface area contributed by atoms with E-state index in [9.17, 15) is 18.0 Å². The van der Waals surface area contributed by atoms with Crippen LogP contribution in [0.5, 0.6) is 0 Å². The van der Waals surface area contributed by atoms with Crippen LogP contribution >= 0.6 is 0 Å². The van der Waals surface area contributed by atoms with Crippen molar-refractivity contribution in [1.82, 2.24) is 5.01 Å². The largest absolute Gasteiger partial charge is 0.416 e. The first-order valence-electron chi connectivity index (χ1n) is 6.55. The minimum absolute atomic E-state index is 0.172. The van der Waals surface area contributed by atoms with Gasteiger partial charge in [0.2, 0.25) is 0 Å². The van der Waals surface area contributed by atoms with E-state index >= 15 is 0 Å². The van der Waals surface area contributed by atoms with Gasteiger partial charge < -0.3 is 4.79 Å². The highest BCUT2D eigenvalue weighted by Crippen LogP contribution is 2.34. The van der Waals surface area contributed by atoms with E-state index in [2.05, 4.69) is 0 Å². The molecule has 0 saturated carbocycles. The van der Waals surface area contributed by atoms with E-state index in [1.807, 2.05) is 0 Å². The second-order valence-corrected chi connectivity index (χ2v) is 5.13. The molecule has 1 saturated heterocycles. The number of nitrogens with two attached hydrogens (primary N) is 1. The van der Waals surface area contributed by atoms with Crippen molar-refractivity contribution in [3.05, 3.63) is 35.4 Å². The molecule has 1 heterocycles. The summed E-state index contributed by atoms with van der Waals surface area (Å²) in [5, 5.41) is 1.43. The Bertz CT molecular complexity index is 476. The molecule has 3 nitrogen and oxygen atoms in total. The van der Waals surface area contributed by atoms with E-state index in [1.165, 1.54) is 17.1 Å². The Hall–Kier alpha value is -1.40. The maximum Gasteiger partial charge on any atom is 0.416 e. The Morgan fingerprint density at radius 1 is 1.35 bits per heavy atom. The molecule has 0 bridgehead atoms. The third-order valence-corrected chi connectivity index (χ3v) is 3.80. The van der Waals surface area contributed by atoms with Crippen LogP contribution in [0.2, 0.25) is 0 Å². The van der Waals surface area contributed by atoms with Crippen LogP contribution in [0.1, 0.15) is 24.0 Å². The van der Waals surface area contributed by atoms with Gasteiger partial charge in [0.25, 0.3) is 0 Å². The summed E-state index contributed by atoms with van der Waals surface area (Å²) in [4.78, 5) is 11.1. The van der Waals surface area contributed by atoms with Gasteiger partial charge in [0, 0.05) is 6.54 Å². The minimum atomic E-state index is -4.37. The summed E-state index contributed by atoms with van der Waals surface area (Å²) in [7, 11) is 0. The van der Waals surface area contributed by atoms with Crippen molar-refractivity contribution in [1.29, 1.82) is 0 Å². The Labute approximate surface area is 115 Å². The standard InChI is InChI=1S/C14H17F3N2O/c15-14(16,17)12-6-2-1-4-10(12)8-11-5-3-7-19(18)13(11)9-20/h1-2,4,6,9,11,13H,3,5,7-8,18H2. The molecule has 110 valence electrons. The molecule has 0 aromatic heterocycles. The van der Waals surface area contributed by atoms with Gasteiger partial charge in [-0.3, -0.25) is 5.84 Å². The summed E-state index contributed by atoms with van der Waals surface area (Å²) in [6.45, 7) is 0.598. The predicted octanol–water partition coefficient (Wildman–Crippen LogP) is 2.40. The molecule has 0 radical (unpaired) electrons. The number of carbonyl (C=O) groups is 1. The van der Waals surface area contributed by atoms with Crippen LogP contribution in [0.25, 0.3) is 0 Å². The molecule has 2 N–H and O–H groups in total. The lowest BCUT2D eigenvalue weighted by molar-refractivity contribution is -0.138. The summed E-state index contributed by atoms with van der Waals surface area (Å²) < 4.78 is 38.9. The number of nitrogens with zero attached hydrogens (tertiary/aromatic N) is 1. The summed E-state index contributed by atoms with van der Waals surface area (Å²) in [6, 6.07) is 5.00. The molecule has 1 aromatic carbocycles. The zero-order valence-electron chi connectivity index (χ0n) is 10.9. The number of hydrazine groups is 1. The fraction of sp³-hybridized carbons (Fsp3) is 0.500. The lowest BCUT2D eigenvalue weighted by Crippen LogP contribution is -2.50. The smallest absolute Gasteiger partial charge is 0.302 e. The van der Waals surface area contributed by atoms with Gasteiger partial charge in [-0.15, -0.1) is 0 Å². The van der Waals surface area contributed by atoms with Gasteiger partial charge >= 0.3 is 6.18 Å². The van der Waals surface area contributed by atoms with E-state index in [0.29, 0.717) is 13.0 Å². The first kappa shape index (κ1) is 15.0. The highest BCUT2D eigenvalue weighted by Gasteiger charge is 2.35. The van der Waals surface area contributed by atoms with Crippen LogP contribution in [0.3, 0.4) is 0 Å². The van der Waals surface area contributed by atoms with Crippen molar-refractivity contribution in [3.63, 3.8) is 0 Å². The Balaban J connectivity index is 2.23. The number of halogens is 3. The van der Waals surface area contributed by atoms with Crippen molar-refractivity contribution in [2.75, 3.05) is 6.54 Å². The van der Waals surface area contributed by atoms with E-state index < -0.39 is 17.8 Å². The van der Waals surface area contributed by atoms with Crippen LogP contribution in [-0.2, 0) is 17.4 Å². The molecular formula is C14H17F3N2O. The van der Waals surface area contributed by atoms with Crippen LogP contribution in [-0.4, -0.2) is 23.9 Å². The SMILES string of the molecule is NN1CCCC(Cc2ccccc2C(F)(F)F)C1C=O. The lowest BCUT2D eigenvalue weighted by Gasteiger charge is -2.35. The number of piperidine rings is 1. The van der Waals surface area contributed by atoms with Crippen LogP contribution in [0.15, 0.2) is 24.3 Å². The molecule has 1 aliphatic heterocycles. The van der Waals surface area contributed by atoms with Gasteiger partial charge in [-0.2, -0.15) is 13.2 Å². The van der Waals surface area contributed by atoms with Crippen molar-refractivity contribution in [2.24, 2.45) is 11.8 Å². The summed E-state index contributed by atoms with van der Waals surface area (Å²) in [6.07, 6.45) is -1.92. The fourth-order valence-corrected chi connectivity index (χ4v) is 2.80. The van der Waals surface area contributed by atoms with Gasteiger partial charge in [-0.1, -0.05) is 18.2 Å². The molecule has 0 spiro atoms. The molecule has 2 unspecified atom stereocenters. The summed E-state index contributed by atoms with van der Waals surface area (Å²) >= 11 is 0. The zero-order chi connectivity index (χ0) is 14.8. The minimum Gasteiger partial charge on any atom is -0.302 e. The van der Waals surface area contributed by atoms with Crippen molar-refractivity contribution in [2.45, 2.75) is 31.5 Å². The van der Waals surface area contributed by atoms with Crippen LogP contribution in [0, 0.1) is 5.92 Å². The first-order valence-corrected chi connectivity index (χ1v) is 6.55. The predicted molar refractivity (Wildman–Crippen MR) is 68.6 cm³/mol. The van der Waals surface area contributed by atoms with E-state index in [-0.39, 0.29) is 17.9 Å². The van der Waals surface area contributed by atoms with E-state index in [4.69, 9.17) is 5.84 Å². The van der Waals surface area contributed by atoms with Gasteiger partial charge in [-0.25, -0.2) is 5.01 Å². The van der Waals surface area contributed by atoms with Crippen molar-refractivity contribution in [3.8, 4) is 0 Å². The monoisotopic (exact) mass is 286 g/mol. The molecule has 2 rings (SSSR count). The molecule has 6 heteroatoms. The van der Waals surface area contributed by atoms with Crippen molar-refractivity contribution < 1.29 is 18.0 Å². The fourth-order valence-electron chi connectivity index (χ4n) is 2.80. The highest BCUT2D eigenvalue weighted by molar-refractivity contribution is 5.58. The van der Waals surface area contributed by atoms with E-state index in [1.54, 1.807) is 6.07 Å². The van der Waals surface area contributed by atoms with E-state index in [0.717, 1.165) is 18.8 Å². The average Bonchev–Trinajstić information content (AvgIpc) is 2.38. The number of rotatable bonds is 3. The second kappa shape index (κ2) is 5.93. The number of carbonyl (C=O) groups excluding carboxylic acids is 1. The molecule has 1 fully saturated rings. The first-order chi connectivity index (χ1) is 9.43. The maximum absolute atomic E-state index is 13.0. The Kier molecular flexibility index (Phi) is 4.45. The summed E-state index contributed by atoms with van der Waals surface area (Å²) in [5.41, 5.74) is -0.397. The van der Waals surface area contributed by atoms with Crippen molar-refractivity contribution >= 4 is 6.29 Å². The number of benzene rings is 1. The molecule has 0 aliphatic carbocycles. The Morgan fingerprint density at radius 3 is 2.70 bits per heavy atom. The zero-order valence-corrected chi connectivity index (χ0v) is 10.9. The van der Waals surface area contributed by atoms with Gasteiger partial charge in [0.1, 0.15) is 6.29 Å². The molecule has 2 atom stereocenters.